The second-order valence-electron chi connectivity index (χ2n) is 39.1. The average molecular weight is 1600 g/mol. The molecular weight excluding hydrogens is 1500 g/mol. The van der Waals surface area contributed by atoms with Crippen LogP contribution in [0, 0.1) is 27.7 Å². The van der Waals surface area contributed by atoms with Crippen LogP contribution in [-0.2, 0) is 21.7 Å². The molecule has 4 heteroatoms. The lowest BCUT2D eigenvalue weighted by Crippen LogP contribution is -2.10. The Morgan fingerprint density at radius 2 is 0.419 bits per heavy atom. The van der Waals surface area contributed by atoms with Crippen LogP contribution in [0.2, 0.25) is 0 Å². The highest BCUT2D eigenvalue weighted by atomic mass is 15.0. The second kappa shape index (κ2) is 28.9. The highest BCUT2D eigenvalue weighted by molar-refractivity contribution is 6.16. The molecule has 4 heterocycles. The summed E-state index contributed by atoms with van der Waals surface area (Å²) in [5.74, 6) is 0. The third-order valence-electron chi connectivity index (χ3n) is 27.2. The Kier molecular flexibility index (Phi) is 18.1. The third kappa shape index (κ3) is 12.9. The topological polar surface area (TPSA) is 19.7 Å². The lowest BCUT2D eigenvalue weighted by Gasteiger charge is -2.19. The van der Waals surface area contributed by atoms with Gasteiger partial charge in [-0.2, -0.15) is 0 Å². The molecule has 0 saturated carbocycles. The molecular formula is C120H104N4. The summed E-state index contributed by atoms with van der Waals surface area (Å²) in [6, 6.07) is 128. The van der Waals surface area contributed by atoms with Crippen LogP contribution in [0.15, 0.2) is 340 Å². The van der Waals surface area contributed by atoms with Crippen molar-refractivity contribution in [2.75, 3.05) is 0 Å². The maximum atomic E-state index is 2.45. The second-order valence-corrected chi connectivity index (χ2v) is 39.1. The minimum absolute atomic E-state index is 0.0624. The van der Waals surface area contributed by atoms with Crippen molar-refractivity contribution in [2.24, 2.45) is 0 Å². The van der Waals surface area contributed by atoms with E-state index in [9.17, 15) is 0 Å². The van der Waals surface area contributed by atoms with Gasteiger partial charge in [0.1, 0.15) is 0 Å². The summed E-state index contributed by atoms with van der Waals surface area (Å²) in [6.07, 6.45) is 0. The summed E-state index contributed by atoms with van der Waals surface area (Å²) in [4.78, 5) is 0. The molecule has 0 fully saturated rings. The summed E-state index contributed by atoms with van der Waals surface area (Å²) in [7, 11) is 0. The summed E-state index contributed by atoms with van der Waals surface area (Å²) in [5, 5.41) is 20.5. The van der Waals surface area contributed by atoms with E-state index in [4.69, 9.17) is 0 Å². The van der Waals surface area contributed by atoms with Gasteiger partial charge < -0.3 is 18.3 Å². The van der Waals surface area contributed by atoms with Crippen molar-refractivity contribution in [3.8, 4) is 67.3 Å². The Hall–Kier alpha value is -13.8. The van der Waals surface area contributed by atoms with Gasteiger partial charge in [-0.3, -0.25) is 0 Å². The lowest BCUT2D eigenvalue weighted by molar-refractivity contribution is 0.590. The first-order valence-corrected chi connectivity index (χ1v) is 44.2. The van der Waals surface area contributed by atoms with Crippen LogP contribution in [0.1, 0.15) is 128 Å². The molecule has 0 bridgehead atoms. The van der Waals surface area contributed by atoms with E-state index in [2.05, 4.69) is 469 Å². The molecule has 124 heavy (non-hydrogen) atoms. The molecule has 0 atom stereocenters. The van der Waals surface area contributed by atoms with Crippen molar-refractivity contribution in [1.82, 2.24) is 18.3 Å². The SMILES string of the molecule is CC(C)(C)c1ccc2c(c1)c1cc(C(C)(C)C)ccc1n2-c1ccc(-c2cccc3cc4c(-c5ccc(-n6c7ccc(C(C)(C)C)cc7c7cc(C(C)(C)C)ccc76)cc5)cccc4cc23)cc1.Cc1cc2cc3c(-c4ccc(-n5c6ccccc6c6ccccc65)cc4)c(C)c(C)cc3cc2c(-c2ccc(-n3c4ccccc4c4ccccc43)cc2)c1C. The zero-order valence-corrected chi connectivity index (χ0v) is 74.1. The summed E-state index contributed by atoms with van der Waals surface area (Å²) in [5.41, 5.74) is 35.5. The van der Waals surface area contributed by atoms with Crippen molar-refractivity contribution in [3.05, 3.63) is 384 Å². The van der Waals surface area contributed by atoms with E-state index in [1.807, 2.05) is 0 Å². The van der Waals surface area contributed by atoms with Crippen LogP contribution in [0.4, 0.5) is 0 Å². The molecule has 0 unspecified atom stereocenters. The number of hydrogen-bond donors (Lipinski definition) is 0. The van der Waals surface area contributed by atoms with Gasteiger partial charge in [-0.1, -0.05) is 277 Å². The Bertz CT molecular complexity index is 7390. The van der Waals surface area contributed by atoms with Crippen LogP contribution in [0.25, 0.3) is 198 Å². The number of fused-ring (bicyclic) bond motifs is 16. The Balaban J connectivity index is 0.000000155. The standard InChI is InChI=1S/C66H64N2.C54H40N2/c1-63(2,3)45-23-31-59-55(37-45)56-38-46(64(4,5)6)24-32-60(56)67(59)49-27-19-41(20-28-49)51-17-13-15-43-36-54-44(35-53(43)51)16-14-18-52(54)42-21-29-50(30-22-42)68-61-33-25-47(65(7,8)9)39-57(61)58-40-48(66(10,11)12)26-34-62(58)68;1-33-29-39-31-48-40(30-34(2)36(4)54(48)38-23-27-42(28-24-38)56-51-19-11-7-15-45(51)46-16-8-12-20-52(46)56)32-47(39)53(35(33)3)37-21-25-41(26-22-37)55-49-17-9-5-13-43(49)44-14-6-10-18-50(44)55/h13-40H,1-12H3;5-32H,1-4H3. The molecule has 0 aliphatic heterocycles. The van der Waals surface area contributed by atoms with Gasteiger partial charge in [0.15, 0.2) is 0 Å². The van der Waals surface area contributed by atoms with Crippen LogP contribution in [0.5, 0.6) is 0 Å². The van der Waals surface area contributed by atoms with E-state index >= 15 is 0 Å². The molecule has 0 saturated heterocycles. The molecule has 0 spiro atoms. The monoisotopic (exact) mass is 1600 g/mol. The number of para-hydroxylation sites is 4. The summed E-state index contributed by atoms with van der Waals surface area (Å²) in [6.45, 7) is 36.7. The van der Waals surface area contributed by atoms with Crippen LogP contribution in [-0.4, -0.2) is 18.3 Å². The smallest absolute Gasteiger partial charge is 0.0541 e. The number of aromatic nitrogens is 4. The number of hydrogen-bond acceptors (Lipinski definition) is 0. The van der Waals surface area contributed by atoms with Crippen molar-refractivity contribution < 1.29 is 0 Å². The van der Waals surface area contributed by atoms with E-state index < -0.39 is 0 Å². The van der Waals surface area contributed by atoms with Crippen molar-refractivity contribution in [2.45, 2.75) is 132 Å². The fourth-order valence-electron chi connectivity index (χ4n) is 20.1. The molecule has 4 nitrogen and oxygen atoms in total. The molecule has 0 aliphatic carbocycles. The Morgan fingerprint density at radius 1 is 0.177 bits per heavy atom. The number of nitrogens with zero attached hydrogens (tertiary/aromatic N) is 4. The first-order chi connectivity index (χ1) is 59.7. The molecule has 604 valence electrons. The molecule has 4 aromatic heterocycles. The molecule has 18 aromatic carbocycles. The third-order valence-corrected chi connectivity index (χ3v) is 27.2. The van der Waals surface area contributed by atoms with E-state index in [0.29, 0.717) is 0 Å². The molecule has 0 aliphatic rings. The van der Waals surface area contributed by atoms with E-state index in [-0.39, 0.29) is 21.7 Å². The molecule has 0 N–H and O–H groups in total. The first kappa shape index (κ1) is 77.5. The van der Waals surface area contributed by atoms with Gasteiger partial charge >= 0.3 is 0 Å². The summed E-state index contributed by atoms with van der Waals surface area (Å²) >= 11 is 0. The average Bonchev–Trinajstić information content (AvgIpc) is 1.65. The van der Waals surface area contributed by atoms with Gasteiger partial charge in [0.2, 0.25) is 0 Å². The highest BCUT2D eigenvalue weighted by Crippen LogP contribution is 2.47. The predicted molar refractivity (Wildman–Crippen MR) is 536 cm³/mol. The summed E-state index contributed by atoms with van der Waals surface area (Å²) < 4.78 is 9.69. The van der Waals surface area contributed by atoms with E-state index in [0.717, 1.165) is 0 Å². The number of rotatable bonds is 8. The van der Waals surface area contributed by atoms with Gasteiger partial charge in [0, 0.05) is 65.8 Å². The van der Waals surface area contributed by atoms with Crippen molar-refractivity contribution in [3.63, 3.8) is 0 Å². The predicted octanol–water partition coefficient (Wildman–Crippen LogP) is 33.5. The van der Waals surface area contributed by atoms with E-state index in [1.54, 1.807) is 0 Å². The van der Waals surface area contributed by atoms with Gasteiger partial charge in [-0.05, 0) is 327 Å². The first-order valence-electron chi connectivity index (χ1n) is 44.2. The molecule has 22 rings (SSSR count). The fraction of sp³-hybridized carbons (Fsp3) is 0.167. The van der Waals surface area contributed by atoms with Crippen LogP contribution in [0.3, 0.4) is 0 Å². The minimum Gasteiger partial charge on any atom is -0.309 e. The highest BCUT2D eigenvalue weighted by Gasteiger charge is 2.26. The van der Waals surface area contributed by atoms with Crippen molar-refractivity contribution >= 4 is 130 Å². The zero-order chi connectivity index (χ0) is 85.3. The van der Waals surface area contributed by atoms with Gasteiger partial charge in [-0.25, -0.2) is 0 Å². The Morgan fingerprint density at radius 3 is 0.685 bits per heavy atom. The largest absolute Gasteiger partial charge is 0.309 e. The maximum Gasteiger partial charge on any atom is 0.0541 e. The molecule has 22 aromatic rings. The lowest BCUT2D eigenvalue weighted by atomic mass is 9.85. The van der Waals surface area contributed by atoms with Gasteiger partial charge in [-0.15, -0.1) is 0 Å². The fourth-order valence-corrected chi connectivity index (χ4v) is 20.1. The van der Waals surface area contributed by atoms with Crippen molar-refractivity contribution in [1.29, 1.82) is 0 Å². The number of benzene rings is 18. The quantitative estimate of drug-likeness (QED) is 0.135. The Labute approximate surface area is 727 Å². The van der Waals surface area contributed by atoms with E-state index in [1.165, 1.54) is 242 Å². The van der Waals surface area contributed by atoms with Gasteiger partial charge in [0.25, 0.3) is 0 Å². The van der Waals surface area contributed by atoms with Gasteiger partial charge in [0.05, 0.1) is 44.1 Å². The minimum atomic E-state index is 0.0624. The number of aryl methyl sites for hydroxylation is 2. The zero-order valence-electron chi connectivity index (χ0n) is 74.1. The van der Waals surface area contributed by atoms with Crippen LogP contribution >= 0.6 is 0 Å². The maximum absolute atomic E-state index is 2.45. The van der Waals surface area contributed by atoms with Crippen LogP contribution < -0.4 is 0 Å². The normalized spacial score (nSPS) is 12.5. The molecule has 0 amide bonds. The molecule has 0 radical (unpaired) electrons.